The van der Waals surface area contributed by atoms with Crippen molar-refractivity contribution in [2.75, 3.05) is 14.7 Å². The average molecular weight is 1300 g/mol. The van der Waals surface area contributed by atoms with Crippen LogP contribution in [0.2, 0.25) is 0 Å². The zero-order valence-electron chi connectivity index (χ0n) is 49.8. The number of hydrogen-bond acceptors (Lipinski definition) is 3. The number of hydrogen-bond donors (Lipinski definition) is 0. The van der Waals surface area contributed by atoms with Gasteiger partial charge in [-0.05, 0) is 29.8 Å². The minimum Gasteiger partial charge on any atom is -0.309 e. The number of benzene rings is 13. The summed E-state index contributed by atoms with van der Waals surface area (Å²) < 4.78 is 8.42. The molecule has 0 saturated heterocycles. The first-order chi connectivity index (χ1) is 45.7. The van der Waals surface area contributed by atoms with Crippen molar-refractivity contribution in [1.82, 2.24) is 4.57 Å². The molecule has 92 heavy (non-hydrogen) atoms. The molecule has 2 spiro atoms. The monoisotopic (exact) mass is 1300 g/mol. The Morgan fingerprint density at radius 2 is 0.717 bits per heavy atom. The van der Waals surface area contributed by atoms with Crippen LogP contribution in [0.5, 0.6) is 0 Å². The van der Waals surface area contributed by atoms with Crippen LogP contribution in [0.4, 0.5) is 45.5 Å². The zero-order valence-corrected chi connectivity index (χ0v) is 53.2. The molecule has 0 fully saturated rings. The molecule has 0 saturated carbocycles. The fraction of sp³-hybridized carbons (Fsp3) is 0.0465. The van der Waals surface area contributed by atoms with Crippen LogP contribution >= 0.6 is 0 Å². The van der Waals surface area contributed by atoms with E-state index in [0.29, 0.717) is 0 Å². The van der Waals surface area contributed by atoms with Gasteiger partial charge in [-0.3, -0.25) is 0 Å². The van der Waals surface area contributed by atoms with E-state index in [2.05, 4.69) is 335 Å². The Labute approximate surface area is 546 Å². The Morgan fingerprint density at radius 3 is 1.21 bits per heavy atom. The van der Waals surface area contributed by atoms with E-state index in [0.717, 1.165) is 11.4 Å². The maximum absolute atomic E-state index is 2.68. The molecular weight excluding hydrogens is 1250 g/mol. The van der Waals surface area contributed by atoms with Gasteiger partial charge < -0.3 is 9.47 Å². The van der Waals surface area contributed by atoms with E-state index in [9.17, 15) is 0 Å². The van der Waals surface area contributed by atoms with Crippen molar-refractivity contribution in [2.45, 2.75) is 22.8 Å². The molecule has 2 atom stereocenters. The summed E-state index contributed by atoms with van der Waals surface area (Å²) in [4.78, 5) is 7.71. The third-order valence-corrected chi connectivity index (χ3v) is 26.0. The van der Waals surface area contributed by atoms with Crippen molar-refractivity contribution in [3.63, 3.8) is 0 Å². The van der Waals surface area contributed by atoms with Crippen LogP contribution in [0.1, 0.15) is 61.6 Å². The summed E-state index contributed by atoms with van der Waals surface area (Å²) in [6, 6.07) is 116. The van der Waals surface area contributed by atoms with E-state index < -0.39 is 10.8 Å². The van der Waals surface area contributed by atoms with Crippen molar-refractivity contribution >= 4 is 126 Å². The third-order valence-electron chi connectivity index (χ3n) is 21.2. The number of para-hydroxylation sites is 6. The molecule has 0 bridgehead atoms. The third kappa shape index (κ3) is 6.57. The number of rotatable bonds is 4. The summed E-state index contributed by atoms with van der Waals surface area (Å²) in [5, 5.41) is 2.55. The van der Waals surface area contributed by atoms with Crippen LogP contribution < -0.4 is 32.5 Å². The molecular formula is C86H54N4Se2. The summed E-state index contributed by atoms with van der Waals surface area (Å²) in [5.41, 5.74) is 29.8. The van der Waals surface area contributed by atoms with Gasteiger partial charge in [-0.25, -0.2) is 0 Å². The first kappa shape index (κ1) is 51.3. The van der Waals surface area contributed by atoms with Gasteiger partial charge >= 0.3 is 435 Å². The second-order valence-electron chi connectivity index (χ2n) is 25.3. The van der Waals surface area contributed by atoms with E-state index in [-0.39, 0.29) is 41.9 Å². The minimum absolute atomic E-state index is 0.0503. The molecule has 1 aromatic heterocycles. The van der Waals surface area contributed by atoms with Crippen LogP contribution in [-0.2, 0) is 10.8 Å². The van der Waals surface area contributed by atoms with Crippen molar-refractivity contribution < 1.29 is 0 Å². The van der Waals surface area contributed by atoms with E-state index in [1.54, 1.807) is 0 Å². The van der Waals surface area contributed by atoms with E-state index in [1.807, 2.05) is 0 Å². The van der Waals surface area contributed by atoms with Gasteiger partial charge in [0, 0.05) is 16.8 Å². The Balaban J connectivity index is 0.680. The standard InChI is InChI=1S/C86H54N4Se2/c1-11-31-69-59(21-1)81-57(53-41-45-55(46-42-53)87-71-33-13-3-23-61(71)85(62-24-4-14-34-72(62)87)65-27-7-17-37-77(65)91-78-38-18-8-28-66(78)85)49-51-75-83(81)89(69)76-52-50-58(82-60-22-2-12-32-70(60)90(75)84(76)82)54-43-47-56(48-44-54)88-73-35-15-5-25-63(73)86(64-26-6-16-36-74(64)88)67-29-9-19-39-79(67)92-80-40-20-10-30-68(80)86/h1-52,81,83H. The van der Waals surface area contributed by atoms with Gasteiger partial charge in [0.1, 0.15) is 0 Å². The Hall–Kier alpha value is -10.4. The molecule has 6 aliphatic heterocycles. The quantitative estimate of drug-likeness (QED) is 0.163. The summed E-state index contributed by atoms with van der Waals surface area (Å²) in [6.45, 7) is 0. The fourth-order valence-electron chi connectivity index (χ4n) is 17.8. The van der Waals surface area contributed by atoms with Crippen LogP contribution in [0.25, 0.3) is 44.2 Å². The Kier molecular flexibility index (Phi) is 10.6. The minimum atomic E-state index is -0.451. The van der Waals surface area contributed by atoms with Gasteiger partial charge in [0.15, 0.2) is 0 Å². The number of allylic oxidation sites excluding steroid dienone is 2. The molecule has 0 N–H and O–H groups in total. The molecule has 2 unspecified atom stereocenters. The van der Waals surface area contributed by atoms with Gasteiger partial charge in [-0.15, -0.1) is 0 Å². The van der Waals surface area contributed by atoms with E-state index in [1.165, 1.54) is 152 Å². The molecule has 4 nitrogen and oxygen atoms in total. The van der Waals surface area contributed by atoms with Crippen molar-refractivity contribution in [3.05, 3.63) is 371 Å². The van der Waals surface area contributed by atoms with Gasteiger partial charge in [0.2, 0.25) is 0 Å². The SMILES string of the molecule is C1=C(c2ccc(N3c4ccccc4C4(c5ccccc5[Se]c5ccccc54)c4ccccc43)cc2)C2c3ccccc3N3c4ccc(-c5ccc(N6c7ccccc7C7(c8ccccc8[Se]c8ccccc87)c7ccccc76)cc5)c5c6ccccc6n(c45)C(=C1)C23. The summed E-state index contributed by atoms with van der Waals surface area (Å²) in [7, 11) is 0. The van der Waals surface area contributed by atoms with Gasteiger partial charge in [-0.1, -0.05) is 36.4 Å². The molecule has 430 valence electrons. The molecule has 1 aliphatic carbocycles. The average Bonchev–Trinajstić information content (AvgIpc) is 1.09. The Morgan fingerprint density at radius 1 is 0.315 bits per heavy atom. The summed E-state index contributed by atoms with van der Waals surface area (Å²) >= 11 is 0.412. The molecule has 0 radical (unpaired) electrons. The van der Waals surface area contributed by atoms with E-state index in [4.69, 9.17) is 0 Å². The first-order valence-electron chi connectivity index (χ1n) is 32.0. The normalized spacial score (nSPS) is 17.3. The Bertz CT molecular complexity index is 5410. The molecule has 21 rings (SSSR count). The van der Waals surface area contributed by atoms with Gasteiger partial charge in [-0.2, -0.15) is 0 Å². The van der Waals surface area contributed by atoms with Crippen molar-refractivity contribution in [2.24, 2.45) is 0 Å². The molecule has 7 heterocycles. The second-order valence-corrected chi connectivity index (χ2v) is 29.8. The van der Waals surface area contributed by atoms with E-state index >= 15 is 0 Å². The van der Waals surface area contributed by atoms with Crippen LogP contribution in [0.15, 0.2) is 315 Å². The smallest absolute Gasteiger partial charge is 0.309 e. The predicted molar refractivity (Wildman–Crippen MR) is 382 cm³/mol. The number of aromatic nitrogens is 1. The zero-order chi connectivity index (χ0) is 60.0. The molecule has 0 amide bonds. The van der Waals surface area contributed by atoms with Crippen LogP contribution in [0.3, 0.4) is 0 Å². The van der Waals surface area contributed by atoms with Gasteiger partial charge in [0.05, 0.1) is 22.8 Å². The second kappa shape index (κ2) is 19.1. The number of nitrogens with zero attached hydrogens (tertiary/aromatic N) is 4. The van der Waals surface area contributed by atoms with Crippen LogP contribution in [-0.4, -0.2) is 40.5 Å². The maximum atomic E-state index is 2.68. The molecule has 7 aliphatic rings. The summed E-state index contributed by atoms with van der Waals surface area (Å²) in [5.74, 6) is 0.0985. The van der Waals surface area contributed by atoms with Gasteiger partial charge in [0.25, 0.3) is 0 Å². The van der Waals surface area contributed by atoms with Crippen LogP contribution in [0, 0.1) is 0 Å². The summed E-state index contributed by atoms with van der Waals surface area (Å²) in [6.07, 6.45) is 4.89. The molecule has 13 aromatic carbocycles. The molecule has 14 aromatic rings. The molecule has 6 heteroatoms. The van der Waals surface area contributed by atoms with Crippen molar-refractivity contribution in [3.8, 4) is 11.1 Å². The predicted octanol–water partition coefficient (Wildman–Crippen LogP) is 17.3. The number of anilines is 8. The fourth-order valence-corrected chi connectivity index (χ4v) is 22.8. The number of fused-ring (bicyclic) bond motifs is 24. The first-order valence-corrected chi connectivity index (χ1v) is 35.4. The van der Waals surface area contributed by atoms with Crippen molar-refractivity contribution in [1.29, 1.82) is 0 Å². The topological polar surface area (TPSA) is 14.7 Å².